The Labute approximate surface area is 129 Å². The summed E-state index contributed by atoms with van der Waals surface area (Å²) in [4.78, 5) is 18.4. The summed E-state index contributed by atoms with van der Waals surface area (Å²) < 4.78 is 11.0. The van der Waals surface area contributed by atoms with Crippen molar-refractivity contribution in [1.29, 1.82) is 0 Å². The molecule has 1 aliphatic rings. The molecule has 1 saturated heterocycles. The maximum Gasteiger partial charge on any atom is 0.254 e. The number of likely N-dealkylation sites (tertiary alicyclic amines) is 1. The second-order valence-electron chi connectivity index (χ2n) is 5.20. The molecule has 2 aromatic rings. The number of benzene rings is 1. The highest BCUT2D eigenvalue weighted by atomic mass is 16.5. The van der Waals surface area contributed by atoms with Crippen LogP contribution >= 0.6 is 0 Å². The van der Waals surface area contributed by atoms with E-state index in [0.29, 0.717) is 24.4 Å². The predicted molar refractivity (Wildman–Crippen MR) is 82.2 cm³/mol. The van der Waals surface area contributed by atoms with Crippen molar-refractivity contribution < 1.29 is 14.3 Å². The Morgan fingerprint density at radius 2 is 2.14 bits per heavy atom. The molecule has 1 fully saturated rings. The molecule has 0 spiro atoms. The molecule has 1 aromatic heterocycles. The van der Waals surface area contributed by atoms with Crippen molar-refractivity contribution in [1.82, 2.24) is 9.88 Å². The zero-order chi connectivity index (χ0) is 15.4. The van der Waals surface area contributed by atoms with Crippen LogP contribution in [0.2, 0.25) is 0 Å². The van der Waals surface area contributed by atoms with Crippen LogP contribution in [0.4, 0.5) is 0 Å². The molecule has 22 heavy (non-hydrogen) atoms. The third kappa shape index (κ3) is 3.19. The predicted octanol–water partition coefficient (Wildman–Crippen LogP) is 2.38. The maximum atomic E-state index is 12.5. The zero-order valence-electron chi connectivity index (χ0n) is 12.4. The number of nitrogens with zero attached hydrogens (tertiary/aromatic N) is 2. The number of amides is 1. The molecular formula is C17H18N2O3. The van der Waals surface area contributed by atoms with Gasteiger partial charge in [-0.05, 0) is 30.3 Å². The minimum Gasteiger partial charge on any atom is -0.497 e. The molecule has 0 N–H and O–H groups in total. The first kappa shape index (κ1) is 14.4. The van der Waals surface area contributed by atoms with Crippen LogP contribution in [0.25, 0.3) is 0 Å². The smallest absolute Gasteiger partial charge is 0.254 e. The highest BCUT2D eigenvalue weighted by Crippen LogP contribution is 2.20. The van der Waals surface area contributed by atoms with Gasteiger partial charge in [0.2, 0.25) is 0 Å². The summed E-state index contributed by atoms with van der Waals surface area (Å²) in [6.45, 7) is 1.28. The second-order valence-corrected chi connectivity index (χ2v) is 5.20. The third-order valence-corrected chi connectivity index (χ3v) is 3.69. The second kappa shape index (κ2) is 6.47. The van der Waals surface area contributed by atoms with Crippen LogP contribution in [0.15, 0.2) is 48.8 Å². The number of rotatable bonds is 4. The van der Waals surface area contributed by atoms with Crippen LogP contribution in [-0.4, -0.2) is 42.1 Å². The van der Waals surface area contributed by atoms with E-state index in [2.05, 4.69) is 4.98 Å². The Hall–Kier alpha value is -2.56. The van der Waals surface area contributed by atoms with E-state index in [1.54, 1.807) is 31.6 Å². The van der Waals surface area contributed by atoms with Crippen molar-refractivity contribution in [2.75, 3.05) is 20.2 Å². The standard InChI is InChI=1S/C17H18N2O3/c1-21-14-5-2-4-13(10-14)17(20)19-9-7-16(12-19)22-15-6-3-8-18-11-15/h2-6,8,10-11,16H,7,9,12H2,1H3/t16-/m0/s1. The monoisotopic (exact) mass is 298 g/mol. The summed E-state index contributed by atoms with van der Waals surface area (Å²) in [7, 11) is 1.59. The number of carbonyl (C=O) groups excluding carboxylic acids is 1. The van der Waals surface area contributed by atoms with Crippen LogP contribution < -0.4 is 9.47 Å². The number of hydrogen-bond donors (Lipinski definition) is 0. The van der Waals surface area contributed by atoms with Crippen molar-refractivity contribution in [3.63, 3.8) is 0 Å². The van der Waals surface area contributed by atoms with Crippen LogP contribution in [0.5, 0.6) is 11.5 Å². The Bertz CT molecular complexity index is 645. The molecule has 5 heteroatoms. The molecule has 1 amide bonds. The first-order chi connectivity index (χ1) is 10.8. The molecule has 1 aliphatic heterocycles. The van der Waals surface area contributed by atoms with E-state index in [9.17, 15) is 4.79 Å². The highest BCUT2D eigenvalue weighted by Gasteiger charge is 2.28. The summed E-state index contributed by atoms with van der Waals surface area (Å²) in [6, 6.07) is 10.9. The van der Waals surface area contributed by atoms with E-state index in [1.807, 2.05) is 29.2 Å². The van der Waals surface area contributed by atoms with E-state index in [-0.39, 0.29) is 12.0 Å². The van der Waals surface area contributed by atoms with Crippen molar-refractivity contribution in [2.45, 2.75) is 12.5 Å². The lowest BCUT2D eigenvalue weighted by atomic mass is 10.2. The molecule has 0 radical (unpaired) electrons. The minimum absolute atomic E-state index is 0.0104. The Kier molecular flexibility index (Phi) is 4.23. The highest BCUT2D eigenvalue weighted by molar-refractivity contribution is 5.94. The molecule has 1 atom stereocenters. The number of methoxy groups -OCH3 is 1. The molecule has 114 valence electrons. The zero-order valence-corrected chi connectivity index (χ0v) is 12.4. The lowest BCUT2D eigenvalue weighted by Gasteiger charge is -2.17. The molecule has 0 aliphatic carbocycles. The largest absolute Gasteiger partial charge is 0.497 e. The van der Waals surface area contributed by atoms with Crippen LogP contribution in [0.1, 0.15) is 16.8 Å². The molecule has 5 nitrogen and oxygen atoms in total. The molecule has 0 unspecified atom stereocenters. The quantitative estimate of drug-likeness (QED) is 0.869. The molecule has 3 rings (SSSR count). The summed E-state index contributed by atoms with van der Waals surface area (Å²) in [5, 5.41) is 0. The number of carbonyl (C=O) groups is 1. The Morgan fingerprint density at radius 3 is 2.91 bits per heavy atom. The van der Waals surface area contributed by atoms with E-state index < -0.39 is 0 Å². The van der Waals surface area contributed by atoms with Gasteiger partial charge in [-0.2, -0.15) is 0 Å². The van der Waals surface area contributed by atoms with Gasteiger partial charge in [0.15, 0.2) is 0 Å². The van der Waals surface area contributed by atoms with Crippen molar-refractivity contribution in [2.24, 2.45) is 0 Å². The first-order valence-corrected chi connectivity index (χ1v) is 7.26. The maximum absolute atomic E-state index is 12.5. The van der Waals surface area contributed by atoms with Gasteiger partial charge >= 0.3 is 0 Å². The van der Waals surface area contributed by atoms with Crippen molar-refractivity contribution in [3.05, 3.63) is 54.4 Å². The van der Waals surface area contributed by atoms with E-state index in [0.717, 1.165) is 12.2 Å². The first-order valence-electron chi connectivity index (χ1n) is 7.26. The van der Waals surface area contributed by atoms with Crippen molar-refractivity contribution >= 4 is 5.91 Å². The molecule has 2 heterocycles. The van der Waals surface area contributed by atoms with Gasteiger partial charge in [0.05, 0.1) is 19.9 Å². The van der Waals surface area contributed by atoms with Gasteiger partial charge in [0, 0.05) is 24.7 Å². The fourth-order valence-corrected chi connectivity index (χ4v) is 2.56. The number of ether oxygens (including phenoxy) is 2. The Balaban J connectivity index is 1.63. The molecule has 1 aromatic carbocycles. The normalized spacial score (nSPS) is 17.3. The van der Waals surface area contributed by atoms with Gasteiger partial charge in [0.25, 0.3) is 5.91 Å². The van der Waals surface area contributed by atoms with Gasteiger partial charge in [-0.3, -0.25) is 9.78 Å². The van der Waals surface area contributed by atoms with Gasteiger partial charge in [-0.15, -0.1) is 0 Å². The van der Waals surface area contributed by atoms with Crippen molar-refractivity contribution in [3.8, 4) is 11.5 Å². The van der Waals surface area contributed by atoms with Gasteiger partial charge in [-0.1, -0.05) is 6.07 Å². The van der Waals surface area contributed by atoms with Crippen LogP contribution in [0.3, 0.4) is 0 Å². The topological polar surface area (TPSA) is 51.7 Å². The average Bonchev–Trinajstić information content (AvgIpc) is 3.03. The van der Waals surface area contributed by atoms with E-state index in [4.69, 9.17) is 9.47 Å². The SMILES string of the molecule is COc1cccc(C(=O)N2CC[C@H](Oc3cccnc3)C2)c1. The minimum atomic E-state index is 0.0104. The third-order valence-electron chi connectivity index (χ3n) is 3.69. The summed E-state index contributed by atoms with van der Waals surface area (Å²) >= 11 is 0. The number of aromatic nitrogens is 1. The number of hydrogen-bond acceptors (Lipinski definition) is 4. The lowest BCUT2D eigenvalue weighted by molar-refractivity contribution is 0.0772. The van der Waals surface area contributed by atoms with Gasteiger partial charge < -0.3 is 14.4 Å². The van der Waals surface area contributed by atoms with Crippen LogP contribution in [-0.2, 0) is 0 Å². The molecular weight excluding hydrogens is 280 g/mol. The fourth-order valence-electron chi connectivity index (χ4n) is 2.56. The van der Waals surface area contributed by atoms with Gasteiger partial charge in [-0.25, -0.2) is 0 Å². The van der Waals surface area contributed by atoms with E-state index in [1.165, 1.54) is 0 Å². The number of pyridine rings is 1. The van der Waals surface area contributed by atoms with Gasteiger partial charge in [0.1, 0.15) is 17.6 Å². The average molecular weight is 298 g/mol. The molecule has 0 bridgehead atoms. The fraction of sp³-hybridized carbons (Fsp3) is 0.294. The lowest BCUT2D eigenvalue weighted by Crippen LogP contribution is -2.30. The Morgan fingerprint density at radius 1 is 1.27 bits per heavy atom. The van der Waals surface area contributed by atoms with Crippen LogP contribution in [0, 0.1) is 0 Å². The summed E-state index contributed by atoms with van der Waals surface area (Å²) in [5.74, 6) is 1.44. The molecule has 0 saturated carbocycles. The summed E-state index contributed by atoms with van der Waals surface area (Å²) in [5.41, 5.74) is 0.640. The summed E-state index contributed by atoms with van der Waals surface area (Å²) in [6.07, 6.45) is 4.23. The van der Waals surface area contributed by atoms with E-state index >= 15 is 0 Å².